The molecule has 127 heavy (non-hydrogen) atoms. The molecule has 0 spiro atoms. The number of benzene rings is 6. The lowest BCUT2D eigenvalue weighted by Crippen LogP contribution is -2.30. The van der Waals surface area contributed by atoms with Crippen molar-refractivity contribution in [3.8, 4) is 51.5 Å². The van der Waals surface area contributed by atoms with E-state index in [1.54, 1.807) is 22.3 Å². The number of rotatable bonds is 62. The van der Waals surface area contributed by atoms with E-state index in [1.807, 2.05) is 11.3 Å². The molecule has 0 amide bonds. The summed E-state index contributed by atoms with van der Waals surface area (Å²) in [5.41, 5.74) is 30.2. The first-order valence-electron chi connectivity index (χ1n) is 53.0. The lowest BCUT2D eigenvalue weighted by Gasteiger charge is -2.35. The molecule has 0 saturated heterocycles. The number of thiophene rings is 4. The van der Waals surface area contributed by atoms with Crippen molar-refractivity contribution < 1.29 is 0 Å². The summed E-state index contributed by atoms with van der Waals surface area (Å²) in [6, 6.07) is 57.3. The van der Waals surface area contributed by atoms with Crippen LogP contribution in [-0.2, 0) is 68.7 Å². The van der Waals surface area contributed by atoms with Crippen LogP contribution in [0.15, 0.2) is 133 Å². The van der Waals surface area contributed by atoms with Gasteiger partial charge in [0, 0.05) is 50.1 Å². The molecule has 0 atom stereocenters. The van der Waals surface area contributed by atoms with Crippen molar-refractivity contribution in [2.75, 3.05) is 0 Å². The Morgan fingerprint density at radius 2 is 0.520 bits per heavy atom. The highest BCUT2D eigenvalue weighted by atomic mass is 32.1. The molecule has 0 saturated carbocycles. The van der Waals surface area contributed by atoms with Crippen LogP contribution in [0.2, 0.25) is 0 Å². The van der Waals surface area contributed by atoms with Crippen LogP contribution in [-0.4, -0.2) is 15.0 Å². The first-order chi connectivity index (χ1) is 62.5. The van der Waals surface area contributed by atoms with Crippen molar-refractivity contribution in [2.45, 2.75) is 440 Å². The zero-order valence-electron chi connectivity index (χ0n) is 81.6. The Kier molecular flexibility index (Phi) is 39.3. The van der Waals surface area contributed by atoms with Gasteiger partial charge in [-0.3, -0.25) is 0 Å². The SMILES string of the molecule is CCCCCCCCc1c(C)sc(-c2ccc(-c3sc(-c4cc5c(s4)-c4cc6c(cc4C5(c4ccc(CCCCCC)cc4)c4ccc(CCCCCC)cc4)-c4sc(C)cc4C6(c4ccc(CCCCCC)cc4)c4ccc(CCCCCC)cc4)c(CCCCCCCC)c3CCCCCCCC)c3nn(CCCCCCCC)nc23)c1CCCCCCCC. The standard InChI is InChI=1S/C120H165N3S4/c1-12-21-30-39-44-53-62-99-90(11)125-114(100(99)63-54-45-40-31-22-13-2)103-82-83-104(113-112(103)121-123(122-113)84-57-48-43-34-25-16-5)115-101(64-55-46-41-32-23-14-3)102(65-56-47-42-33-24-15-4)118(127-115)111-88-110-117(126-111)106-87-107-105(86-108(106)120(110,97-78-70-93(71-79-97)60-51-37-28-19-8)98-80-72-94(73-81-98)61-52-38-29-20-9)116-109(85-89(10)124-116)119(107,95-74-66-91(67-75-95)58-49-35-26-17-6)96-76-68-92(69-77-96)59-50-36-27-18-7/h66-83,85-88H,12-65,84H2,1-11H3. The lowest BCUT2D eigenvalue weighted by atomic mass is 9.65. The third-order valence-corrected chi connectivity index (χ3v) is 34.2. The molecule has 11 aromatic rings. The number of hydrogen-bond acceptors (Lipinski definition) is 6. The van der Waals surface area contributed by atoms with Crippen LogP contribution in [0.1, 0.15) is 456 Å². The zero-order chi connectivity index (χ0) is 88.6. The molecule has 5 heterocycles. The Bertz CT molecular complexity index is 4970. The molecule has 3 nitrogen and oxygen atoms in total. The Balaban J connectivity index is 1.07. The number of aromatic nitrogens is 3. The van der Waals surface area contributed by atoms with Gasteiger partial charge in [0.2, 0.25) is 0 Å². The second-order valence-corrected chi connectivity index (χ2v) is 43.6. The molecule has 0 radical (unpaired) electrons. The van der Waals surface area contributed by atoms with Gasteiger partial charge in [0.05, 0.1) is 17.4 Å². The van der Waals surface area contributed by atoms with Gasteiger partial charge in [0.1, 0.15) is 11.0 Å². The highest BCUT2D eigenvalue weighted by Crippen LogP contribution is 2.66. The number of hydrogen-bond donors (Lipinski definition) is 0. The molecule has 0 unspecified atom stereocenters. The average molecular weight is 1780 g/mol. The second kappa shape index (κ2) is 51.0. The molecular weight excluding hydrogens is 1610 g/mol. The van der Waals surface area contributed by atoms with E-state index in [0.717, 1.165) is 68.9 Å². The highest BCUT2D eigenvalue weighted by Gasteiger charge is 2.53. The lowest BCUT2D eigenvalue weighted by molar-refractivity contribution is 0.488. The number of nitrogens with zero attached hydrogens (tertiary/aromatic N) is 3. The summed E-state index contributed by atoms with van der Waals surface area (Å²) in [7, 11) is 0. The van der Waals surface area contributed by atoms with Crippen LogP contribution in [0.25, 0.3) is 62.6 Å². The molecule has 0 bridgehead atoms. The molecule has 7 heteroatoms. The minimum Gasteiger partial charge on any atom is -0.184 e. The largest absolute Gasteiger partial charge is 0.184 e. The fourth-order valence-corrected chi connectivity index (χ4v) is 27.1. The van der Waals surface area contributed by atoms with Crippen LogP contribution >= 0.6 is 45.3 Å². The topological polar surface area (TPSA) is 30.7 Å². The number of unbranched alkanes of at least 4 members (excludes halogenated alkanes) is 37. The van der Waals surface area contributed by atoms with E-state index < -0.39 is 10.8 Å². The van der Waals surface area contributed by atoms with Gasteiger partial charge < -0.3 is 0 Å². The minimum atomic E-state index is -0.619. The van der Waals surface area contributed by atoms with Gasteiger partial charge in [0.15, 0.2) is 0 Å². The van der Waals surface area contributed by atoms with E-state index in [9.17, 15) is 0 Å². The maximum atomic E-state index is 5.92. The van der Waals surface area contributed by atoms with E-state index in [0.29, 0.717) is 0 Å². The molecule has 2 aliphatic carbocycles. The Labute approximate surface area is 789 Å². The monoisotopic (exact) mass is 1780 g/mol. The van der Waals surface area contributed by atoms with Crippen molar-refractivity contribution in [3.63, 3.8) is 0 Å². The summed E-state index contributed by atoms with van der Waals surface area (Å²) in [5, 5.41) is 11.8. The predicted octanol–water partition coefficient (Wildman–Crippen LogP) is 38.5. The fourth-order valence-electron chi connectivity index (χ4n) is 21.9. The van der Waals surface area contributed by atoms with E-state index in [4.69, 9.17) is 10.2 Å². The van der Waals surface area contributed by atoms with Crippen molar-refractivity contribution in [1.82, 2.24) is 15.0 Å². The average Bonchev–Trinajstić information content (AvgIpc) is 1.50. The van der Waals surface area contributed by atoms with Gasteiger partial charge in [-0.15, -0.1) is 45.3 Å². The fraction of sp³-hybridized carbons (Fsp3) is 0.567. The minimum absolute atomic E-state index is 0.542. The molecule has 13 rings (SSSR count). The molecule has 2 aliphatic rings. The van der Waals surface area contributed by atoms with Crippen molar-refractivity contribution in [1.29, 1.82) is 0 Å². The molecule has 684 valence electrons. The van der Waals surface area contributed by atoms with Crippen LogP contribution in [0.5, 0.6) is 0 Å². The van der Waals surface area contributed by atoms with Crippen LogP contribution in [0, 0.1) is 13.8 Å². The molecule has 5 aromatic heterocycles. The van der Waals surface area contributed by atoms with Gasteiger partial charge in [0.25, 0.3) is 0 Å². The highest BCUT2D eigenvalue weighted by molar-refractivity contribution is 7.25. The second-order valence-electron chi connectivity index (χ2n) is 39.1. The van der Waals surface area contributed by atoms with Crippen molar-refractivity contribution in [2.24, 2.45) is 0 Å². The van der Waals surface area contributed by atoms with Crippen molar-refractivity contribution in [3.05, 3.63) is 232 Å². The summed E-state index contributed by atoms with van der Waals surface area (Å²) < 4.78 is 0. The molecule has 0 aliphatic heterocycles. The van der Waals surface area contributed by atoms with Gasteiger partial charge in [-0.05, 0) is 247 Å². The summed E-state index contributed by atoms with van der Waals surface area (Å²) in [5.74, 6) is 0. The smallest absolute Gasteiger partial charge is 0.122 e. The van der Waals surface area contributed by atoms with E-state index in [2.05, 4.69) is 248 Å². The van der Waals surface area contributed by atoms with Gasteiger partial charge in [-0.2, -0.15) is 15.0 Å². The molecular formula is C120H165N3S4. The number of aryl methyl sites for hydroxylation is 7. The van der Waals surface area contributed by atoms with Crippen LogP contribution in [0.4, 0.5) is 0 Å². The van der Waals surface area contributed by atoms with Crippen LogP contribution < -0.4 is 0 Å². The quantitative estimate of drug-likeness (QED) is 0.0356. The normalized spacial score (nSPS) is 13.1. The van der Waals surface area contributed by atoms with Gasteiger partial charge >= 0.3 is 0 Å². The van der Waals surface area contributed by atoms with Gasteiger partial charge in [-0.1, -0.05) is 409 Å². The maximum absolute atomic E-state index is 5.92. The van der Waals surface area contributed by atoms with E-state index in [1.165, 1.54) is 423 Å². The van der Waals surface area contributed by atoms with Crippen LogP contribution in [0.3, 0.4) is 0 Å². The number of fused-ring (bicyclic) bond motifs is 7. The molecule has 0 fully saturated rings. The van der Waals surface area contributed by atoms with Crippen molar-refractivity contribution >= 4 is 56.4 Å². The zero-order valence-corrected chi connectivity index (χ0v) is 84.8. The summed E-state index contributed by atoms with van der Waals surface area (Å²) in [4.78, 5) is 13.9. The Morgan fingerprint density at radius 3 is 0.882 bits per heavy atom. The molecule has 6 aromatic carbocycles. The summed E-state index contributed by atoms with van der Waals surface area (Å²) in [6.45, 7) is 26.9. The third-order valence-electron chi connectivity index (χ3n) is 29.2. The molecule has 0 N–H and O–H groups in total. The predicted molar refractivity (Wildman–Crippen MR) is 563 cm³/mol. The summed E-state index contributed by atoms with van der Waals surface area (Å²) >= 11 is 8.43. The maximum Gasteiger partial charge on any atom is 0.122 e. The Morgan fingerprint density at radius 1 is 0.236 bits per heavy atom. The third kappa shape index (κ3) is 24.0. The van der Waals surface area contributed by atoms with E-state index in [-0.39, 0.29) is 0 Å². The first-order valence-corrected chi connectivity index (χ1v) is 56.3. The first kappa shape index (κ1) is 98.0. The van der Waals surface area contributed by atoms with E-state index >= 15 is 0 Å². The Hall–Kier alpha value is -6.48. The van der Waals surface area contributed by atoms with Gasteiger partial charge in [-0.25, -0.2) is 0 Å². The summed E-state index contributed by atoms with van der Waals surface area (Å²) in [6.07, 6.45) is 67.8.